The molecular formula is C25H39N3O3. The molecule has 1 aromatic heterocycles. The number of H-pyrrole nitrogens is 1. The van der Waals surface area contributed by atoms with E-state index < -0.39 is 5.60 Å². The van der Waals surface area contributed by atoms with E-state index in [0.717, 1.165) is 63.4 Å². The number of para-hydroxylation sites is 1. The summed E-state index contributed by atoms with van der Waals surface area (Å²) in [5.41, 5.74) is 1.99. The van der Waals surface area contributed by atoms with Crippen molar-refractivity contribution in [3.63, 3.8) is 0 Å². The Kier molecular flexibility index (Phi) is 10.4. The highest BCUT2D eigenvalue weighted by Crippen LogP contribution is 2.19. The third-order valence-electron chi connectivity index (χ3n) is 5.12. The summed E-state index contributed by atoms with van der Waals surface area (Å²) in [6.45, 7) is 7.00. The Balaban J connectivity index is 1.40. The van der Waals surface area contributed by atoms with Gasteiger partial charge < -0.3 is 20.4 Å². The van der Waals surface area contributed by atoms with Gasteiger partial charge in [-0.3, -0.25) is 4.79 Å². The predicted octanol–water partition coefficient (Wildman–Crippen LogP) is 5.47. The van der Waals surface area contributed by atoms with Gasteiger partial charge in [-0.15, -0.1) is 0 Å². The number of aromatic amines is 1. The first-order chi connectivity index (χ1) is 14.8. The molecule has 0 saturated carbocycles. The second kappa shape index (κ2) is 13.0. The molecule has 6 heteroatoms. The minimum absolute atomic E-state index is 0.146. The van der Waals surface area contributed by atoms with Crippen LogP contribution in [0, 0.1) is 0 Å². The van der Waals surface area contributed by atoms with Gasteiger partial charge in [0.25, 0.3) is 0 Å². The van der Waals surface area contributed by atoms with E-state index in [1.54, 1.807) is 0 Å². The summed E-state index contributed by atoms with van der Waals surface area (Å²) in [6.07, 6.45) is 10.6. The number of benzene rings is 1. The van der Waals surface area contributed by atoms with Crippen molar-refractivity contribution in [1.82, 2.24) is 15.6 Å². The van der Waals surface area contributed by atoms with E-state index in [-0.39, 0.29) is 12.0 Å². The molecule has 2 amide bonds. The number of hydrogen-bond acceptors (Lipinski definition) is 3. The van der Waals surface area contributed by atoms with Crippen LogP contribution < -0.4 is 10.6 Å². The zero-order valence-electron chi connectivity index (χ0n) is 19.4. The summed E-state index contributed by atoms with van der Waals surface area (Å²) in [5, 5.41) is 7.07. The number of ether oxygens (including phenoxy) is 1. The Morgan fingerprint density at radius 3 is 2.26 bits per heavy atom. The van der Waals surface area contributed by atoms with Crippen molar-refractivity contribution >= 4 is 22.9 Å². The second-order valence-electron chi connectivity index (χ2n) is 9.11. The maximum Gasteiger partial charge on any atom is 0.407 e. The van der Waals surface area contributed by atoms with Gasteiger partial charge in [-0.2, -0.15) is 0 Å². The first kappa shape index (κ1) is 24.8. The minimum Gasteiger partial charge on any atom is -0.444 e. The fourth-order valence-electron chi connectivity index (χ4n) is 3.56. The molecule has 1 heterocycles. The summed E-state index contributed by atoms with van der Waals surface area (Å²) in [4.78, 5) is 26.8. The molecule has 0 aliphatic carbocycles. The highest BCUT2D eigenvalue weighted by atomic mass is 16.6. The summed E-state index contributed by atoms with van der Waals surface area (Å²) in [6, 6.07) is 8.28. The standard InChI is InChI=1S/C25H39N3O3/c1-25(2,3)31-24(30)27-18-11-7-5-4-6-10-17-26-23(29)16-12-13-20-19-28-22-15-9-8-14-21(20)22/h8-9,14-15,19,28H,4-7,10-13,16-18H2,1-3H3,(H,26,29)(H,27,30). The summed E-state index contributed by atoms with van der Waals surface area (Å²) < 4.78 is 5.20. The molecule has 0 unspecified atom stereocenters. The molecule has 0 bridgehead atoms. The van der Waals surface area contributed by atoms with Gasteiger partial charge in [0.15, 0.2) is 0 Å². The van der Waals surface area contributed by atoms with Crippen LogP contribution in [0.15, 0.2) is 30.5 Å². The van der Waals surface area contributed by atoms with Crippen molar-refractivity contribution in [1.29, 1.82) is 0 Å². The van der Waals surface area contributed by atoms with E-state index in [9.17, 15) is 9.59 Å². The minimum atomic E-state index is -0.448. The molecule has 172 valence electrons. The number of fused-ring (bicyclic) bond motifs is 1. The van der Waals surface area contributed by atoms with Crippen molar-refractivity contribution in [3.05, 3.63) is 36.0 Å². The van der Waals surface area contributed by atoms with E-state index in [1.807, 2.05) is 32.9 Å². The number of nitrogens with one attached hydrogen (secondary N) is 3. The van der Waals surface area contributed by atoms with Crippen LogP contribution in [0.5, 0.6) is 0 Å². The number of amides is 2. The van der Waals surface area contributed by atoms with Gasteiger partial charge in [0.2, 0.25) is 5.91 Å². The molecule has 6 nitrogen and oxygen atoms in total. The van der Waals surface area contributed by atoms with Gasteiger partial charge >= 0.3 is 6.09 Å². The van der Waals surface area contributed by atoms with Crippen LogP contribution in [0.2, 0.25) is 0 Å². The van der Waals surface area contributed by atoms with Crippen molar-refractivity contribution in [3.8, 4) is 0 Å². The number of alkyl carbamates (subject to hydrolysis) is 1. The quantitative estimate of drug-likeness (QED) is 0.369. The molecule has 0 atom stereocenters. The molecule has 0 saturated heterocycles. The molecule has 0 aliphatic heterocycles. The maximum absolute atomic E-state index is 12.0. The van der Waals surface area contributed by atoms with E-state index >= 15 is 0 Å². The smallest absolute Gasteiger partial charge is 0.407 e. The molecule has 1 aromatic carbocycles. The van der Waals surface area contributed by atoms with Gasteiger partial charge in [-0.1, -0.05) is 43.9 Å². The Hall–Kier alpha value is -2.50. The fourth-order valence-corrected chi connectivity index (χ4v) is 3.56. The van der Waals surface area contributed by atoms with E-state index in [1.165, 1.54) is 10.9 Å². The number of hydrogen-bond donors (Lipinski definition) is 3. The van der Waals surface area contributed by atoms with Crippen LogP contribution >= 0.6 is 0 Å². The lowest BCUT2D eigenvalue weighted by atomic mass is 10.1. The molecule has 2 rings (SSSR count). The van der Waals surface area contributed by atoms with Crippen LogP contribution in [0.25, 0.3) is 10.9 Å². The fraction of sp³-hybridized carbons (Fsp3) is 0.600. The number of aromatic nitrogens is 1. The van der Waals surface area contributed by atoms with Crippen molar-refractivity contribution in [2.45, 2.75) is 84.2 Å². The normalized spacial score (nSPS) is 11.5. The molecule has 0 fully saturated rings. The van der Waals surface area contributed by atoms with E-state index in [4.69, 9.17) is 4.74 Å². The monoisotopic (exact) mass is 429 g/mol. The topological polar surface area (TPSA) is 83.2 Å². The van der Waals surface area contributed by atoms with Gasteiger partial charge in [0, 0.05) is 36.6 Å². The Morgan fingerprint density at radius 1 is 0.903 bits per heavy atom. The second-order valence-corrected chi connectivity index (χ2v) is 9.11. The molecule has 0 aliphatic rings. The van der Waals surface area contributed by atoms with Crippen LogP contribution in [-0.2, 0) is 16.0 Å². The average Bonchev–Trinajstić information content (AvgIpc) is 3.11. The Bertz CT molecular complexity index is 808. The number of carbonyl (C=O) groups is 2. The summed E-state index contributed by atoms with van der Waals surface area (Å²) in [7, 11) is 0. The Labute approximate surface area is 186 Å². The van der Waals surface area contributed by atoms with Crippen LogP contribution in [0.4, 0.5) is 4.79 Å². The molecular weight excluding hydrogens is 390 g/mol. The van der Waals surface area contributed by atoms with E-state index in [0.29, 0.717) is 13.0 Å². The highest BCUT2D eigenvalue weighted by molar-refractivity contribution is 5.83. The first-order valence-corrected chi connectivity index (χ1v) is 11.6. The third-order valence-corrected chi connectivity index (χ3v) is 5.12. The van der Waals surface area contributed by atoms with Gasteiger partial charge in [0.05, 0.1) is 0 Å². The van der Waals surface area contributed by atoms with Gasteiger partial charge in [-0.25, -0.2) is 4.79 Å². The Morgan fingerprint density at radius 2 is 1.55 bits per heavy atom. The van der Waals surface area contributed by atoms with E-state index in [2.05, 4.69) is 33.9 Å². The lowest BCUT2D eigenvalue weighted by Crippen LogP contribution is -2.32. The zero-order chi connectivity index (χ0) is 22.5. The lowest BCUT2D eigenvalue weighted by molar-refractivity contribution is -0.121. The van der Waals surface area contributed by atoms with Gasteiger partial charge in [0.1, 0.15) is 5.60 Å². The predicted molar refractivity (Wildman–Crippen MR) is 126 cm³/mol. The first-order valence-electron chi connectivity index (χ1n) is 11.6. The SMILES string of the molecule is CC(C)(C)OC(=O)NCCCCCCCCNC(=O)CCCc1c[nH]c2ccccc12. The molecule has 31 heavy (non-hydrogen) atoms. The number of carbonyl (C=O) groups excluding carboxylic acids is 2. The zero-order valence-corrected chi connectivity index (χ0v) is 19.4. The van der Waals surface area contributed by atoms with Crippen LogP contribution in [0.1, 0.15) is 77.7 Å². The van der Waals surface area contributed by atoms with Crippen molar-refractivity contribution in [2.75, 3.05) is 13.1 Å². The third kappa shape index (κ3) is 10.4. The molecule has 3 N–H and O–H groups in total. The summed E-state index contributed by atoms with van der Waals surface area (Å²) in [5.74, 6) is 0.146. The van der Waals surface area contributed by atoms with Crippen LogP contribution in [-0.4, -0.2) is 35.7 Å². The van der Waals surface area contributed by atoms with Crippen molar-refractivity contribution < 1.29 is 14.3 Å². The molecule has 0 radical (unpaired) electrons. The molecule has 2 aromatic rings. The molecule has 0 spiro atoms. The number of rotatable bonds is 13. The van der Waals surface area contributed by atoms with Gasteiger partial charge in [-0.05, 0) is 58.1 Å². The largest absolute Gasteiger partial charge is 0.444 e. The van der Waals surface area contributed by atoms with Crippen LogP contribution in [0.3, 0.4) is 0 Å². The average molecular weight is 430 g/mol. The lowest BCUT2D eigenvalue weighted by Gasteiger charge is -2.19. The highest BCUT2D eigenvalue weighted by Gasteiger charge is 2.15. The summed E-state index contributed by atoms with van der Waals surface area (Å²) >= 11 is 0. The number of unbranched alkanes of at least 4 members (excludes halogenated alkanes) is 5. The number of aryl methyl sites for hydroxylation is 1. The maximum atomic E-state index is 12.0. The van der Waals surface area contributed by atoms with Crippen molar-refractivity contribution in [2.24, 2.45) is 0 Å².